The molecule has 2 atom stereocenters. The maximum Gasteiger partial charge on any atom is 0.400 e. The molecule has 0 aromatic carbocycles. The number of rotatable bonds is 2. The van der Waals surface area contributed by atoms with Crippen molar-refractivity contribution in [3.8, 4) is 0 Å². The minimum Gasteiger partial charge on any atom is -0.170 e. The van der Waals surface area contributed by atoms with Gasteiger partial charge in [-0.05, 0) is 24.7 Å². The van der Waals surface area contributed by atoms with Crippen LogP contribution in [0.15, 0.2) is 0 Å². The first-order valence-electron chi connectivity index (χ1n) is 4.25. The monoisotopic (exact) mass is 220 g/mol. The average molecular weight is 220 g/mol. The van der Waals surface area contributed by atoms with Gasteiger partial charge in [0.05, 0.1) is 0 Å². The van der Waals surface area contributed by atoms with Gasteiger partial charge in [-0.3, -0.25) is 0 Å². The highest BCUT2D eigenvalue weighted by atomic mass is 19.4. The molecule has 0 amide bonds. The molecule has 14 heavy (non-hydrogen) atoms. The third-order valence-electron chi connectivity index (χ3n) is 2.60. The summed E-state index contributed by atoms with van der Waals surface area (Å²) in [4.78, 5) is 0. The zero-order valence-electron chi connectivity index (χ0n) is 7.41. The van der Waals surface area contributed by atoms with E-state index in [2.05, 4.69) is 0 Å². The van der Waals surface area contributed by atoms with E-state index >= 15 is 0 Å². The van der Waals surface area contributed by atoms with Crippen molar-refractivity contribution < 1.29 is 26.3 Å². The largest absolute Gasteiger partial charge is 0.400 e. The van der Waals surface area contributed by atoms with Crippen molar-refractivity contribution in [3.05, 3.63) is 0 Å². The highest BCUT2D eigenvalue weighted by Gasteiger charge is 2.58. The van der Waals surface area contributed by atoms with Crippen LogP contribution in [0.3, 0.4) is 0 Å². The van der Waals surface area contributed by atoms with Crippen LogP contribution in [0.2, 0.25) is 0 Å². The third kappa shape index (κ3) is 2.78. The van der Waals surface area contributed by atoms with Crippen LogP contribution in [0, 0.1) is 17.8 Å². The van der Waals surface area contributed by atoms with Gasteiger partial charge in [-0.25, -0.2) is 0 Å². The van der Waals surface area contributed by atoms with E-state index in [1.807, 2.05) is 0 Å². The van der Waals surface area contributed by atoms with Crippen LogP contribution in [0.25, 0.3) is 0 Å². The van der Waals surface area contributed by atoms with Crippen molar-refractivity contribution in [1.82, 2.24) is 0 Å². The molecule has 0 heterocycles. The molecule has 0 nitrogen and oxygen atoms in total. The summed E-state index contributed by atoms with van der Waals surface area (Å²) < 4.78 is 72.1. The number of halogens is 6. The van der Waals surface area contributed by atoms with Crippen LogP contribution in [0.5, 0.6) is 0 Å². The van der Waals surface area contributed by atoms with Gasteiger partial charge in [0.25, 0.3) is 0 Å². The predicted molar refractivity (Wildman–Crippen MR) is 37.5 cm³/mol. The fourth-order valence-corrected chi connectivity index (χ4v) is 1.48. The summed E-state index contributed by atoms with van der Waals surface area (Å²) in [5.74, 6) is -3.56. The Labute approximate surface area is 77.3 Å². The van der Waals surface area contributed by atoms with Gasteiger partial charge in [0, 0.05) is 0 Å². The predicted octanol–water partition coefficient (Wildman–Crippen LogP) is 3.77. The van der Waals surface area contributed by atoms with Gasteiger partial charge in [0.15, 0.2) is 5.92 Å². The van der Waals surface area contributed by atoms with Crippen molar-refractivity contribution in [1.29, 1.82) is 0 Å². The molecule has 1 fully saturated rings. The Hall–Kier alpha value is -0.420. The van der Waals surface area contributed by atoms with Crippen LogP contribution in [-0.4, -0.2) is 12.4 Å². The summed E-state index contributed by atoms with van der Waals surface area (Å²) in [6.07, 6.45) is -10.7. The smallest absolute Gasteiger partial charge is 0.170 e. The van der Waals surface area contributed by atoms with E-state index in [4.69, 9.17) is 0 Å². The molecule has 1 rings (SSSR count). The fraction of sp³-hybridized carbons (Fsp3) is 1.00. The topological polar surface area (TPSA) is 0 Å². The van der Waals surface area contributed by atoms with Crippen LogP contribution in [-0.2, 0) is 0 Å². The summed E-state index contributed by atoms with van der Waals surface area (Å²) in [5.41, 5.74) is 0. The van der Waals surface area contributed by atoms with Crippen molar-refractivity contribution in [2.24, 2.45) is 17.8 Å². The number of alkyl halides is 6. The lowest BCUT2D eigenvalue weighted by atomic mass is 10.0. The second-order valence-electron chi connectivity index (χ2n) is 3.84. The molecule has 0 N–H and O–H groups in total. The number of hydrogen-bond acceptors (Lipinski definition) is 0. The lowest BCUT2D eigenvalue weighted by Gasteiger charge is -2.22. The van der Waals surface area contributed by atoms with Crippen molar-refractivity contribution >= 4 is 0 Å². The van der Waals surface area contributed by atoms with E-state index in [0.29, 0.717) is 6.42 Å². The average Bonchev–Trinajstić information content (AvgIpc) is 2.56. The van der Waals surface area contributed by atoms with Gasteiger partial charge < -0.3 is 0 Å². The molecule has 0 aromatic heterocycles. The maximum atomic E-state index is 12.0. The molecular weight excluding hydrogens is 210 g/mol. The minimum absolute atomic E-state index is 0.00204. The molecule has 0 radical (unpaired) electrons. The quantitative estimate of drug-likeness (QED) is 0.621. The summed E-state index contributed by atoms with van der Waals surface area (Å²) in [7, 11) is 0. The minimum atomic E-state index is -5.17. The standard InChI is InChI=1S/C8H10F6/c1-4-2-5(4)3-6(7(9,10)11)8(12,13)14/h4-6H,2-3H2,1H3. The molecular formula is C8H10F6. The van der Waals surface area contributed by atoms with Gasteiger partial charge in [-0.1, -0.05) is 6.92 Å². The van der Waals surface area contributed by atoms with E-state index in [1.165, 1.54) is 0 Å². The lowest BCUT2D eigenvalue weighted by molar-refractivity contribution is -0.286. The van der Waals surface area contributed by atoms with Crippen molar-refractivity contribution in [2.75, 3.05) is 0 Å². The zero-order valence-corrected chi connectivity index (χ0v) is 7.41. The molecule has 1 aliphatic rings. The summed E-state index contributed by atoms with van der Waals surface area (Å²) in [5, 5.41) is 0. The first kappa shape index (κ1) is 11.7. The molecule has 0 aliphatic heterocycles. The van der Waals surface area contributed by atoms with E-state index in [1.54, 1.807) is 6.92 Å². The Balaban J connectivity index is 2.63. The third-order valence-corrected chi connectivity index (χ3v) is 2.60. The normalized spacial score (nSPS) is 28.3. The summed E-state index contributed by atoms with van der Waals surface area (Å²) in [6, 6.07) is 0. The Bertz CT molecular complexity index is 189. The van der Waals surface area contributed by atoms with E-state index in [-0.39, 0.29) is 5.92 Å². The highest BCUT2D eigenvalue weighted by Crippen LogP contribution is 2.50. The molecule has 0 aromatic rings. The van der Waals surface area contributed by atoms with Crippen LogP contribution in [0.1, 0.15) is 19.8 Å². The molecule has 0 saturated heterocycles. The number of hydrogen-bond donors (Lipinski definition) is 0. The van der Waals surface area contributed by atoms with Crippen LogP contribution < -0.4 is 0 Å². The fourth-order valence-electron chi connectivity index (χ4n) is 1.48. The van der Waals surface area contributed by atoms with Gasteiger partial charge in [0.2, 0.25) is 0 Å². The van der Waals surface area contributed by atoms with Crippen molar-refractivity contribution in [3.63, 3.8) is 0 Å². The first-order valence-corrected chi connectivity index (χ1v) is 4.25. The zero-order chi connectivity index (χ0) is 11.1. The Morgan fingerprint density at radius 1 is 1.07 bits per heavy atom. The molecule has 0 bridgehead atoms. The summed E-state index contributed by atoms with van der Waals surface area (Å²) in [6.45, 7) is 1.66. The van der Waals surface area contributed by atoms with Gasteiger partial charge >= 0.3 is 12.4 Å². The van der Waals surface area contributed by atoms with Gasteiger partial charge in [-0.2, -0.15) is 26.3 Å². The van der Waals surface area contributed by atoms with E-state index < -0.39 is 30.6 Å². The Morgan fingerprint density at radius 3 is 1.64 bits per heavy atom. The molecule has 1 aliphatic carbocycles. The second-order valence-corrected chi connectivity index (χ2v) is 3.84. The van der Waals surface area contributed by atoms with Crippen LogP contribution in [0.4, 0.5) is 26.3 Å². The molecule has 2 unspecified atom stereocenters. The van der Waals surface area contributed by atoms with Gasteiger partial charge in [0.1, 0.15) is 0 Å². The van der Waals surface area contributed by atoms with Gasteiger partial charge in [-0.15, -0.1) is 0 Å². The maximum absolute atomic E-state index is 12.0. The molecule has 1 saturated carbocycles. The Kier molecular flexibility index (Phi) is 2.75. The van der Waals surface area contributed by atoms with E-state index in [0.717, 1.165) is 0 Å². The first-order chi connectivity index (χ1) is 6.12. The van der Waals surface area contributed by atoms with Crippen molar-refractivity contribution in [2.45, 2.75) is 32.1 Å². The van der Waals surface area contributed by atoms with E-state index in [9.17, 15) is 26.3 Å². The highest BCUT2D eigenvalue weighted by molar-refractivity contribution is 4.88. The summed E-state index contributed by atoms with van der Waals surface area (Å²) >= 11 is 0. The van der Waals surface area contributed by atoms with Crippen LogP contribution >= 0.6 is 0 Å². The SMILES string of the molecule is CC1CC1CC(C(F)(F)F)C(F)(F)F. The Morgan fingerprint density at radius 2 is 1.43 bits per heavy atom. The molecule has 6 heteroatoms. The molecule has 84 valence electrons. The molecule has 0 spiro atoms. The lowest BCUT2D eigenvalue weighted by Crippen LogP contribution is -2.36. The second kappa shape index (κ2) is 3.31.